The largest absolute Gasteiger partial charge is 0.481 e. The van der Waals surface area contributed by atoms with Crippen LogP contribution < -0.4 is 5.73 Å². The molecule has 0 aromatic heterocycles. The average Bonchev–Trinajstić information content (AvgIpc) is 1.21. The molecule has 0 spiro atoms. The van der Waals surface area contributed by atoms with Crippen LogP contribution in [0.5, 0.6) is 0 Å². The smallest absolute Gasteiger partial charge is 0.306 e. The molecule has 0 saturated carbocycles. The van der Waals surface area contributed by atoms with Gasteiger partial charge in [0.2, 0.25) is 0 Å². The van der Waals surface area contributed by atoms with Crippen LogP contribution in [0.3, 0.4) is 0 Å². The SMILES string of the molecule is CC(N)(S)CC(=O)O. The van der Waals surface area contributed by atoms with Gasteiger partial charge in [-0.1, -0.05) is 0 Å². The van der Waals surface area contributed by atoms with E-state index in [4.69, 9.17) is 10.8 Å². The number of carboxylic acids is 1. The van der Waals surface area contributed by atoms with Crippen molar-refractivity contribution in [2.75, 3.05) is 0 Å². The van der Waals surface area contributed by atoms with Gasteiger partial charge < -0.3 is 10.8 Å². The Morgan fingerprint density at radius 2 is 2.38 bits per heavy atom. The molecule has 3 N–H and O–H groups in total. The topological polar surface area (TPSA) is 63.3 Å². The van der Waals surface area contributed by atoms with Crippen LogP contribution in [0.25, 0.3) is 0 Å². The number of carboxylic acid groups (broad SMARTS) is 1. The predicted octanol–water partition coefficient (Wildman–Crippen LogP) is 0.0658. The normalized spacial score (nSPS) is 17.4. The number of thiol groups is 1. The Morgan fingerprint density at radius 3 is 2.38 bits per heavy atom. The third-order valence-corrected chi connectivity index (χ3v) is 0.667. The van der Waals surface area contributed by atoms with Crippen molar-refractivity contribution in [3.63, 3.8) is 0 Å². The van der Waals surface area contributed by atoms with Gasteiger partial charge in [-0.05, 0) is 6.92 Å². The van der Waals surface area contributed by atoms with Crippen LogP contribution in [0.15, 0.2) is 0 Å². The Labute approximate surface area is 53.3 Å². The van der Waals surface area contributed by atoms with E-state index in [2.05, 4.69) is 12.6 Å². The molecule has 8 heavy (non-hydrogen) atoms. The summed E-state index contributed by atoms with van der Waals surface area (Å²) in [6, 6.07) is 0. The van der Waals surface area contributed by atoms with Crippen LogP contribution in [-0.4, -0.2) is 15.9 Å². The van der Waals surface area contributed by atoms with E-state index in [0.29, 0.717) is 0 Å². The molecule has 0 aliphatic heterocycles. The van der Waals surface area contributed by atoms with Crippen molar-refractivity contribution in [3.05, 3.63) is 0 Å². The lowest BCUT2D eigenvalue weighted by Gasteiger charge is -2.12. The van der Waals surface area contributed by atoms with Crippen molar-refractivity contribution < 1.29 is 9.90 Å². The van der Waals surface area contributed by atoms with Crippen molar-refractivity contribution in [1.82, 2.24) is 0 Å². The van der Waals surface area contributed by atoms with Gasteiger partial charge in [-0.2, -0.15) is 12.6 Å². The van der Waals surface area contributed by atoms with Gasteiger partial charge in [0.25, 0.3) is 0 Å². The minimum absolute atomic E-state index is 0.115. The van der Waals surface area contributed by atoms with Crippen molar-refractivity contribution >= 4 is 18.6 Å². The highest BCUT2D eigenvalue weighted by atomic mass is 32.1. The summed E-state index contributed by atoms with van der Waals surface area (Å²) < 4.78 is 0. The molecular weight excluding hydrogens is 126 g/mol. The third-order valence-electron chi connectivity index (χ3n) is 0.509. The van der Waals surface area contributed by atoms with Crippen molar-refractivity contribution in [3.8, 4) is 0 Å². The molecule has 0 radical (unpaired) electrons. The molecule has 0 rings (SSSR count). The van der Waals surface area contributed by atoms with Gasteiger partial charge in [0.05, 0.1) is 11.3 Å². The molecule has 1 unspecified atom stereocenters. The zero-order valence-corrected chi connectivity index (χ0v) is 5.48. The summed E-state index contributed by atoms with van der Waals surface area (Å²) in [5, 5.41) is 8.12. The molecule has 0 aromatic carbocycles. The minimum Gasteiger partial charge on any atom is -0.481 e. The lowest BCUT2D eigenvalue weighted by Crippen LogP contribution is -2.31. The lowest BCUT2D eigenvalue weighted by molar-refractivity contribution is -0.137. The molecule has 0 amide bonds. The Balaban J connectivity index is 3.55. The monoisotopic (exact) mass is 135 g/mol. The van der Waals surface area contributed by atoms with Gasteiger partial charge in [-0.15, -0.1) is 0 Å². The Kier molecular flexibility index (Phi) is 2.30. The van der Waals surface area contributed by atoms with Gasteiger partial charge in [0.1, 0.15) is 0 Å². The quantitative estimate of drug-likeness (QED) is 0.371. The average molecular weight is 135 g/mol. The maximum atomic E-state index is 9.89. The molecule has 0 heterocycles. The fraction of sp³-hybridized carbons (Fsp3) is 0.750. The maximum Gasteiger partial charge on any atom is 0.306 e. The van der Waals surface area contributed by atoms with E-state index < -0.39 is 10.8 Å². The molecule has 0 aliphatic carbocycles. The van der Waals surface area contributed by atoms with Crippen LogP contribution in [0.1, 0.15) is 13.3 Å². The fourth-order valence-electron chi connectivity index (χ4n) is 0.306. The van der Waals surface area contributed by atoms with E-state index >= 15 is 0 Å². The summed E-state index contributed by atoms with van der Waals surface area (Å²) in [5.41, 5.74) is 5.22. The van der Waals surface area contributed by atoms with Crippen LogP contribution in [0.2, 0.25) is 0 Å². The summed E-state index contributed by atoms with van der Waals surface area (Å²) in [6.45, 7) is 1.55. The standard InChI is InChI=1S/C4H9NO2S/c1-4(5,8)2-3(6)7/h8H,2,5H2,1H3,(H,6,7). The van der Waals surface area contributed by atoms with Gasteiger partial charge in [-0.25, -0.2) is 0 Å². The second-order valence-electron chi connectivity index (χ2n) is 1.93. The van der Waals surface area contributed by atoms with Gasteiger partial charge >= 0.3 is 5.97 Å². The van der Waals surface area contributed by atoms with E-state index in [-0.39, 0.29) is 6.42 Å². The molecular formula is C4H9NO2S. The van der Waals surface area contributed by atoms with Crippen molar-refractivity contribution in [2.45, 2.75) is 18.2 Å². The van der Waals surface area contributed by atoms with E-state index in [0.717, 1.165) is 0 Å². The van der Waals surface area contributed by atoms with Crippen LogP contribution >= 0.6 is 12.6 Å². The predicted molar refractivity (Wildman–Crippen MR) is 33.8 cm³/mol. The number of nitrogens with two attached hydrogens (primary N) is 1. The first-order valence-electron chi connectivity index (χ1n) is 2.15. The molecule has 48 valence electrons. The zero-order valence-electron chi connectivity index (χ0n) is 4.59. The molecule has 1 atom stereocenters. The second kappa shape index (κ2) is 2.37. The van der Waals surface area contributed by atoms with Crippen LogP contribution in [-0.2, 0) is 4.79 Å². The second-order valence-corrected chi connectivity index (χ2v) is 2.95. The van der Waals surface area contributed by atoms with Crippen LogP contribution in [0.4, 0.5) is 0 Å². The first-order chi connectivity index (χ1) is 3.42. The van der Waals surface area contributed by atoms with E-state index in [1.807, 2.05) is 0 Å². The minimum atomic E-state index is -0.926. The Morgan fingerprint density at radius 1 is 2.00 bits per heavy atom. The van der Waals surface area contributed by atoms with E-state index in [9.17, 15) is 4.79 Å². The third kappa shape index (κ3) is 5.78. The lowest BCUT2D eigenvalue weighted by atomic mass is 10.2. The number of hydrogen-bond donors (Lipinski definition) is 3. The first-order valence-corrected chi connectivity index (χ1v) is 2.59. The highest BCUT2D eigenvalue weighted by Crippen LogP contribution is 2.08. The zero-order chi connectivity index (χ0) is 6.78. The van der Waals surface area contributed by atoms with Crippen molar-refractivity contribution in [1.29, 1.82) is 0 Å². The van der Waals surface area contributed by atoms with Crippen molar-refractivity contribution in [2.24, 2.45) is 5.73 Å². The molecule has 0 saturated heterocycles. The van der Waals surface area contributed by atoms with E-state index in [1.165, 1.54) is 0 Å². The molecule has 4 heteroatoms. The number of rotatable bonds is 2. The maximum absolute atomic E-state index is 9.89. The van der Waals surface area contributed by atoms with Gasteiger partial charge in [0.15, 0.2) is 0 Å². The summed E-state index contributed by atoms with van der Waals surface area (Å²) in [4.78, 5) is 9.00. The fourth-order valence-corrected chi connectivity index (χ4v) is 0.441. The van der Waals surface area contributed by atoms with E-state index in [1.54, 1.807) is 6.92 Å². The van der Waals surface area contributed by atoms with Crippen LogP contribution in [0, 0.1) is 0 Å². The Hall–Kier alpha value is -0.220. The highest BCUT2D eigenvalue weighted by molar-refractivity contribution is 7.81. The van der Waals surface area contributed by atoms with Gasteiger partial charge in [-0.3, -0.25) is 4.79 Å². The number of aliphatic carboxylic acids is 1. The summed E-state index contributed by atoms with van der Waals surface area (Å²) in [7, 11) is 0. The highest BCUT2D eigenvalue weighted by Gasteiger charge is 2.15. The molecule has 0 bridgehead atoms. The number of carbonyl (C=O) groups is 1. The summed E-state index contributed by atoms with van der Waals surface area (Å²) in [6.07, 6.45) is -0.115. The first kappa shape index (κ1) is 7.78. The summed E-state index contributed by atoms with van der Waals surface area (Å²) in [5.74, 6) is -0.926. The molecule has 0 aliphatic rings. The Bertz CT molecular complexity index is 96.7. The summed E-state index contributed by atoms with van der Waals surface area (Å²) >= 11 is 3.79. The molecule has 0 aromatic rings. The number of hydrogen-bond acceptors (Lipinski definition) is 3. The molecule has 0 fully saturated rings. The van der Waals surface area contributed by atoms with Gasteiger partial charge in [0, 0.05) is 0 Å². The molecule has 3 nitrogen and oxygen atoms in total.